The molecule has 90 valence electrons. The molecule has 2 aromatic rings. The Balaban J connectivity index is 1.91. The van der Waals surface area contributed by atoms with Crippen LogP contribution in [0.4, 0.5) is 5.82 Å². The molecule has 0 saturated heterocycles. The summed E-state index contributed by atoms with van der Waals surface area (Å²) >= 11 is 3.45. The Morgan fingerprint density at radius 2 is 2.29 bits per heavy atom. The van der Waals surface area contributed by atoms with Gasteiger partial charge in [0.1, 0.15) is 10.2 Å². The summed E-state index contributed by atoms with van der Waals surface area (Å²) in [6.45, 7) is 3.12. The van der Waals surface area contributed by atoms with Crippen LogP contribution in [0.5, 0.6) is 0 Å². The fourth-order valence-electron chi connectivity index (χ4n) is 1.34. The molecule has 0 saturated carbocycles. The fraction of sp³-hybridized carbons (Fsp3) is 0.333. The number of hydrogen-bond acceptors (Lipinski definition) is 5. The van der Waals surface area contributed by atoms with Crippen LogP contribution in [0.3, 0.4) is 0 Å². The van der Waals surface area contributed by atoms with Gasteiger partial charge in [-0.1, -0.05) is 18.7 Å². The molecule has 0 fully saturated rings. The van der Waals surface area contributed by atoms with Crippen molar-refractivity contribution in [3.63, 3.8) is 0 Å². The van der Waals surface area contributed by atoms with E-state index in [9.17, 15) is 0 Å². The van der Waals surface area contributed by atoms with Crippen LogP contribution in [0.25, 0.3) is 0 Å². The number of thioether (sulfide) groups is 1. The lowest BCUT2D eigenvalue weighted by Gasteiger charge is -2.05. The van der Waals surface area contributed by atoms with E-state index in [1.165, 1.54) is 5.56 Å². The first-order valence-electron chi connectivity index (χ1n) is 5.59. The molecule has 0 aromatic carbocycles. The molecule has 2 rings (SSSR count). The highest BCUT2D eigenvalue weighted by atomic mass is 32.2. The summed E-state index contributed by atoms with van der Waals surface area (Å²) in [6.07, 6.45) is 4.81. The number of pyridine rings is 1. The largest absolute Gasteiger partial charge is 0.370 e. The molecule has 0 radical (unpaired) electrons. The quantitative estimate of drug-likeness (QED) is 0.809. The number of aromatic nitrogens is 2. The Hall–Kier alpha value is -1.07. The molecule has 5 heteroatoms. The highest BCUT2D eigenvalue weighted by Gasteiger charge is 2.00. The third-order valence-electron chi connectivity index (χ3n) is 2.15. The maximum Gasteiger partial charge on any atom is 0.150 e. The number of hydrogen-bond donors (Lipinski definition) is 1. The van der Waals surface area contributed by atoms with Gasteiger partial charge in [0.25, 0.3) is 0 Å². The van der Waals surface area contributed by atoms with Crippen LogP contribution in [-0.2, 0) is 5.75 Å². The lowest BCUT2D eigenvalue weighted by Crippen LogP contribution is -2.01. The Morgan fingerprint density at radius 1 is 1.35 bits per heavy atom. The average molecular weight is 265 g/mol. The van der Waals surface area contributed by atoms with Crippen LogP contribution in [0.15, 0.2) is 34.2 Å². The zero-order chi connectivity index (χ0) is 11.9. The normalized spacial score (nSPS) is 10.4. The topological polar surface area (TPSA) is 37.8 Å². The van der Waals surface area contributed by atoms with Crippen molar-refractivity contribution in [2.24, 2.45) is 0 Å². The number of nitrogens with zero attached hydrogens (tertiary/aromatic N) is 2. The van der Waals surface area contributed by atoms with Gasteiger partial charge in [-0.2, -0.15) is 0 Å². The lowest BCUT2D eigenvalue weighted by molar-refractivity contribution is 0.968. The first kappa shape index (κ1) is 12.4. The zero-order valence-corrected chi connectivity index (χ0v) is 11.4. The number of rotatable bonds is 6. The molecular formula is C12H15N3S2. The molecule has 1 N–H and O–H groups in total. The van der Waals surface area contributed by atoms with Crippen LogP contribution in [-0.4, -0.2) is 16.5 Å². The van der Waals surface area contributed by atoms with Crippen LogP contribution >= 0.6 is 23.1 Å². The van der Waals surface area contributed by atoms with E-state index in [0.29, 0.717) is 0 Å². The van der Waals surface area contributed by atoms with E-state index in [0.717, 1.165) is 28.9 Å². The summed E-state index contributed by atoms with van der Waals surface area (Å²) < 4.78 is 1.12. The Morgan fingerprint density at radius 3 is 3.06 bits per heavy atom. The zero-order valence-electron chi connectivity index (χ0n) is 9.72. The van der Waals surface area contributed by atoms with Gasteiger partial charge >= 0.3 is 0 Å². The van der Waals surface area contributed by atoms with Gasteiger partial charge in [0.2, 0.25) is 0 Å². The van der Waals surface area contributed by atoms with Gasteiger partial charge < -0.3 is 5.32 Å². The minimum Gasteiger partial charge on any atom is -0.370 e. The van der Waals surface area contributed by atoms with Crippen molar-refractivity contribution in [2.75, 3.05) is 11.9 Å². The fourth-order valence-corrected chi connectivity index (χ4v) is 2.92. The predicted molar refractivity (Wildman–Crippen MR) is 74.7 cm³/mol. The smallest absolute Gasteiger partial charge is 0.150 e. The van der Waals surface area contributed by atoms with Gasteiger partial charge in [-0.15, -0.1) is 11.3 Å². The van der Waals surface area contributed by atoms with E-state index in [1.54, 1.807) is 23.1 Å². The van der Waals surface area contributed by atoms with Crippen LogP contribution in [0.1, 0.15) is 18.9 Å². The van der Waals surface area contributed by atoms with E-state index in [4.69, 9.17) is 0 Å². The van der Waals surface area contributed by atoms with Gasteiger partial charge in [-0.25, -0.2) is 9.97 Å². The molecule has 2 heterocycles. The molecule has 0 bridgehead atoms. The summed E-state index contributed by atoms with van der Waals surface area (Å²) in [6, 6.07) is 4.16. The highest BCUT2D eigenvalue weighted by molar-refractivity contribution is 8.00. The summed E-state index contributed by atoms with van der Waals surface area (Å²) in [5.41, 5.74) is 1.28. The summed E-state index contributed by atoms with van der Waals surface area (Å²) in [7, 11) is 0. The second kappa shape index (κ2) is 6.61. The molecule has 0 amide bonds. The molecule has 3 nitrogen and oxygen atoms in total. The molecule has 0 aliphatic rings. The van der Waals surface area contributed by atoms with Crippen LogP contribution in [0.2, 0.25) is 0 Å². The minimum atomic E-state index is 0.941. The summed E-state index contributed by atoms with van der Waals surface area (Å²) in [5.74, 6) is 1.90. The lowest BCUT2D eigenvalue weighted by atomic mass is 10.3. The number of nitrogens with one attached hydrogen (secondary N) is 1. The maximum absolute atomic E-state index is 4.29. The van der Waals surface area contributed by atoms with Gasteiger partial charge in [0.05, 0.1) is 0 Å². The van der Waals surface area contributed by atoms with Crippen molar-refractivity contribution in [3.05, 3.63) is 35.5 Å². The monoisotopic (exact) mass is 265 g/mol. The number of anilines is 1. The maximum atomic E-state index is 4.29. The van der Waals surface area contributed by atoms with E-state index >= 15 is 0 Å². The van der Waals surface area contributed by atoms with E-state index in [-0.39, 0.29) is 0 Å². The predicted octanol–water partition coefficient (Wildman–Crippen LogP) is 3.65. The molecule has 0 spiro atoms. The summed E-state index contributed by atoms with van der Waals surface area (Å²) in [4.78, 5) is 8.54. The first-order valence-corrected chi connectivity index (χ1v) is 7.46. The van der Waals surface area contributed by atoms with Gasteiger partial charge in [0.15, 0.2) is 0 Å². The summed E-state index contributed by atoms with van der Waals surface area (Å²) in [5, 5.41) is 5.30. The van der Waals surface area contributed by atoms with Crippen LogP contribution < -0.4 is 5.32 Å². The van der Waals surface area contributed by atoms with E-state index in [1.807, 2.05) is 17.8 Å². The van der Waals surface area contributed by atoms with E-state index < -0.39 is 0 Å². The van der Waals surface area contributed by atoms with Crippen molar-refractivity contribution < 1.29 is 0 Å². The van der Waals surface area contributed by atoms with Gasteiger partial charge in [-0.3, -0.25) is 0 Å². The third kappa shape index (κ3) is 4.02. The number of thiazole rings is 1. The van der Waals surface area contributed by atoms with Crippen molar-refractivity contribution in [1.82, 2.24) is 9.97 Å². The molecule has 0 aliphatic heterocycles. The van der Waals surface area contributed by atoms with Crippen molar-refractivity contribution in [1.29, 1.82) is 0 Å². The Kier molecular flexibility index (Phi) is 4.82. The molecule has 0 atom stereocenters. The van der Waals surface area contributed by atoms with Gasteiger partial charge in [-0.05, 0) is 24.1 Å². The standard InChI is InChI=1S/C12H15N3S2/c1-2-4-13-11-8-10(3-5-14-11)9-17-12-15-6-7-16-12/h3,5-8H,2,4,9H2,1H3,(H,13,14). The van der Waals surface area contributed by atoms with Crippen molar-refractivity contribution >= 4 is 28.9 Å². The van der Waals surface area contributed by atoms with Crippen molar-refractivity contribution in [3.8, 4) is 0 Å². The average Bonchev–Trinajstić information content (AvgIpc) is 2.87. The third-order valence-corrected chi connectivity index (χ3v) is 4.19. The highest BCUT2D eigenvalue weighted by Crippen LogP contribution is 2.24. The van der Waals surface area contributed by atoms with Gasteiger partial charge in [0, 0.05) is 30.1 Å². The Bertz CT molecular complexity index is 443. The molecule has 17 heavy (non-hydrogen) atoms. The molecule has 2 aromatic heterocycles. The molecule has 0 aliphatic carbocycles. The minimum absolute atomic E-state index is 0.941. The molecular weight excluding hydrogens is 250 g/mol. The molecule has 0 unspecified atom stereocenters. The second-order valence-electron chi connectivity index (χ2n) is 3.56. The first-order chi connectivity index (χ1) is 8.38. The second-order valence-corrected chi connectivity index (χ2v) is 5.68. The van der Waals surface area contributed by atoms with Crippen molar-refractivity contribution in [2.45, 2.75) is 23.4 Å². The van der Waals surface area contributed by atoms with E-state index in [2.05, 4.69) is 34.3 Å². The SMILES string of the molecule is CCCNc1cc(CSc2nccs2)ccn1. The van der Waals surface area contributed by atoms with Crippen LogP contribution in [0, 0.1) is 0 Å². The Labute approximate surface area is 110 Å².